The third kappa shape index (κ3) is 1170. The topological polar surface area (TPSA) is 163 Å². The summed E-state index contributed by atoms with van der Waals surface area (Å²) in [6.45, 7) is 2.65. The van der Waals surface area contributed by atoms with Crippen molar-refractivity contribution in [2.24, 2.45) is 5.73 Å². The standard InChI is InChI=1S/C2H7N.4ClIO2/c1-2-3;4*1-2(3)4/h2-3H2,1H3;;;;. The van der Waals surface area contributed by atoms with Gasteiger partial charge in [0.1, 0.15) is 0 Å². The lowest BCUT2D eigenvalue weighted by atomic mass is 10.8. The molecule has 0 fully saturated rings. The summed E-state index contributed by atoms with van der Waals surface area (Å²) in [6, 6.07) is 0. The summed E-state index contributed by atoms with van der Waals surface area (Å²) in [4.78, 5) is 0. The van der Waals surface area contributed by atoms with Crippen LogP contribution >= 0.6 is 110 Å². The van der Waals surface area contributed by atoms with Gasteiger partial charge in [-0.25, -0.2) is 24.6 Å². The van der Waals surface area contributed by atoms with Crippen LogP contribution in [-0.2, 0) is 24.6 Å². The zero-order valence-electron chi connectivity index (χ0n) is 8.57. The molecule has 0 rings (SSSR count). The second kappa shape index (κ2) is 32.4. The molecule has 0 unspecified atom stereocenters. The highest BCUT2D eigenvalue weighted by molar-refractivity contribution is 14.2. The van der Waals surface area contributed by atoms with Gasteiger partial charge in [0, 0.05) is 35.6 Å². The first-order chi connectivity index (χ1) is 8.34. The maximum atomic E-state index is 8.89. The summed E-state index contributed by atoms with van der Waals surface area (Å²) in [5, 5.41) is 0. The highest BCUT2D eigenvalue weighted by Crippen LogP contribution is 2.08. The van der Waals surface area contributed by atoms with Crippen molar-refractivity contribution in [2.75, 3.05) is 6.54 Å². The molecule has 0 saturated carbocycles. The molecule has 0 aliphatic heterocycles. The Bertz CT molecular complexity index is 326. The normalized spacial score (nSPS) is 8.11. The lowest BCUT2D eigenvalue weighted by Crippen LogP contribution is -1.87. The predicted molar refractivity (Wildman–Crippen MR) is 99.7 cm³/mol. The van der Waals surface area contributed by atoms with Gasteiger partial charge in [-0.1, -0.05) is 6.92 Å². The van der Waals surface area contributed by atoms with Crippen molar-refractivity contribution in [2.45, 2.75) is 6.92 Å². The summed E-state index contributed by atoms with van der Waals surface area (Å²) in [7, 11) is 17.3. The average Bonchev–Trinajstić information content (AvgIpc) is 1.97. The van der Waals surface area contributed by atoms with Crippen LogP contribution in [0.25, 0.3) is 0 Å². The van der Waals surface area contributed by atoms with E-state index in [1.807, 2.05) is 6.92 Å². The zero-order chi connectivity index (χ0) is 17.0. The van der Waals surface area contributed by atoms with Crippen LogP contribution in [0.2, 0.25) is 0 Å². The molecule has 2 N–H and O–H groups in total. The second-order valence-electron chi connectivity index (χ2n) is 1.13. The van der Waals surface area contributed by atoms with E-state index >= 15 is 0 Å². The molecule has 0 aromatic rings. The first-order valence-corrected chi connectivity index (χ1v) is 20.9. The largest absolute Gasteiger partial charge is 0.409 e. The minimum atomic E-state index is -3.29. The van der Waals surface area contributed by atoms with Crippen LogP contribution in [-0.4, -0.2) is 6.54 Å². The molecule has 124 valence electrons. The molecule has 0 spiro atoms. The monoisotopic (exact) mass is 821 g/mol. The zero-order valence-corrected chi connectivity index (χ0v) is 20.2. The van der Waals surface area contributed by atoms with E-state index < -0.39 is 74.7 Å². The van der Waals surface area contributed by atoms with Gasteiger partial charge in [0.25, 0.3) is 0 Å². The van der Waals surface area contributed by atoms with Gasteiger partial charge in [-0.05, 0) is 6.54 Å². The van der Waals surface area contributed by atoms with Gasteiger partial charge in [-0.15, -0.1) is 0 Å². The van der Waals surface area contributed by atoms with E-state index in [9.17, 15) is 0 Å². The maximum Gasteiger partial charge on any atom is 0.409 e. The average molecular weight is 823 g/mol. The maximum absolute atomic E-state index is 8.89. The third-order valence-electron chi connectivity index (χ3n) is 0. The molecule has 9 nitrogen and oxygen atoms in total. The van der Waals surface area contributed by atoms with E-state index in [1.165, 1.54) is 0 Å². The first-order valence-electron chi connectivity index (χ1n) is 2.92. The molecular weight excluding hydrogens is 815 g/mol. The number of rotatable bonds is 0. The van der Waals surface area contributed by atoms with Gasteiger partial charge in [0.2, 0.25) is 0 Å². The molecule has 0 atom stereocenters. The van der Waals surface area contributed by atoms with Crippen molar-refractivity contribution in [1.82, 2.24) is 0 Å². The number of halogens is 8. The van der Waals surface area contributed by atoms with Gasteiger partial charge < -0.3 is 5.73 Å². The van der Waals surface area contributed by atoms with Crippen LogP contribution in [0, 0.1) is 0 Å². The first kappa shape index (κ1) is 33.1. The van der Waals surface area contributed by atoms with E-state index in [0.717, 1.165) is 6.54 Å². The van der Waals surface area contributed by atoms with Crippen LogP contribution in [0.3, 0.4) is 0 Å². The fourth-order valence-electron chi connectivity index (χ4n) is 0. The fourth-order valence-corrected chi connectivity index (χ4v) is 0. The Labute approximate surface area is 151 Å². The van der Waals surface area contributed by atoms with Crippen molar-refractivity contribution in [3.05, 3.63) is 0 Å². The molecule has 0 aromatic heterocycles. The van der Waals surface area contributed by atoms with Gasteiger partial charge in [-0.3, -0.25) is 0 Å². The number of nitrogens with two attached hydrogens (primary N) is 1. The molecule has 19 heavy (non-hydrogen) atoms. The Morgan fingerprint density at radius 2 is 0.632 bits per heavy atom. The molecule has 0 bridgehead atoms. The van der Waals surface area contributed by atoms with E-state index in [-0.39, 0.29) is 0 Å². The SMILES string of the molecule is CCN.O=I(=O)Cl.O=I(=O)Cl.O=I(=O)Cl.O=I(=O)Cl. The Morgan fingerprint density at radius 1 is 0.632 bits per heavy atom. The third-order valence-corrected chi connectivity index (χ3v) is 0. The van der Waals surface area contributed by atoms with E-state index in [4.69, 9.17) is 30.3 Å². The van der Waals surface area contributed by atoms with Gasteiger partial charge >= 0.3 is 74.7 Å². The van der Waals surface area contributed by atoms with Gasteiger partial charge in [-0.2, -0.15) is 0 Å². The fraction of sp³-hybridized carbons (Fsp3) is 1.00. The minimum absolute atomic E-state index is 0.750. The highest BCUT2D eigenvalue weighted by atomic mass is 127. The van der Waals surface area contributed by atoms with E-state index in [0.29, 0.717) is 0 Å². The van der Waals surface area contributed by atoms with Crippen molar-refractivity contribution < 1.29 is 24.6 Å². The van der Waals surface area contributed by atoms with Gasteiger partial charge in [0.05, 0.1) is 0 Å². The lowest BCUT2D eigenvalue weighted by Gasteiger charge is -1.53. The molecule has 17 heteroatoms. The van der Waals surface area contributed by atoms with E-state index in [2.05, 4.69) is 35.6 Å². The van der Waals surface area contributed by atoms with Gasteiger partial charge in [0.15, 0.2) is 0 Å². The van der Waals surface area contributed by atoms with Crippen LogP contribution in [0.5, 0.6) is 0 Å². The summed E-state index contributed by atoms with van der Waals surface area (Å²) in [6.07, 6.45) is 0. The molecule has 0 aromatic carbocycles. The van der Waals surface area contributed by atoms with Crippen LogP contribution in [0.4, 0.5) is 0 Å². The molecule has 0 amide bonds. The van der Waals surface area contributed by atoms with E-state index in [1.54, 1.807) is 0 Å². The van der Waals surface area contributed by atoms with Crippen LogP contribution in [0.1, 0.15) is 6.92 Å². The van der Waals surface area contributed by atoms with Crippen molar-refractivity contribution in [3.8, 4) is 0 Å². The molecular formula is C2H7Cl4I4NO8. The molecule has 0 radical (unpaired) electrons. The van der Waals surface area contributed by atoms with Crippen molar-refractivity contribution >= 4 is 110 Å². The van der Waals surface area contributed by atoms with Crippen LogP contribution in [0.15, 0.2) is 0 Å². The molecule has 0 aliphatic carbocycles. The lowest BCUT2D eigenvalue weighted by molar-refractivity contribution is 0.610. The highest BCUT2D eigenvalue weighted by Gasteiger charge is 1.61. The number of hydrogen-bond donors (Lipinski definition) is 1. The van der Waals surface area contributed by atoms with Crippen molar-refractivity contribution in [1.29, 1.82) is 0 Å². The minimum Gasteiger partial charge on any atom is -0.331 e. The summed E-state index contributed by atoms with van der Waals surface area (Å²) in [5.41, 5.74) is 4.85. The Morgan fingerprint density at radius 3 is 0.632 bits per heavy atom. The Balaban J connectivity index is -0.0000000432. The second-order valence-corrected chi connectivity index (χ2v) is 11.5. The van der Waals surface area contributed by atoms with Crippen LogP contribution < -0.4 is 5.73 Å². The molecule has 0 saturated heterocycles. The summed E-state index contributed by atoms with van der Waals surface area (Å²) >= 11 is -13.2. The predicted octanol–water partition coefficient (Wildman–Crippen LogP) is 5.32. The summed E-state index contributed by atoms with van der Waals surface area (Å²) in [5.74, 6) is 0. The molecule has 0 aliphatic rings. The van der Waals surface area contributed by atoms with Crippen molar-refractivity contribution in [3.63, 3.8) is 0 Å². The Hall–Kier alpha value is 2.44. The quantitative estimate of drug-likeness (QED) is 0.319. The number of hydrogen-bond acceptors (Lipinski definition) is 9. The smallest absolute Gasteiger partial charge is 0.331 e. The Kier molecular flexibility index (Phi) is 56.5. The summed E-state index contributed by atoms with van der Waals surface area (Å²) < 4.78 is 71.2. The molecule has 0 heterocycles.